The molecule has 1 amide bonds. The Morgan fingerprint density at radius 1 is 0.933 bits per heavy atom. The van der Waals surface area contributed by atoms with Crippen LogP contribution in [0.4, 0.5) is 5.82 Å². The first-order valence-corrected chi connectivity index (χ1v) is 10.4. The van der Waals surface area contributed by atoms with E-state index in [-0.39, 0.29) is 5.91 Å². The lowest BCUT2D eigenvalue weighted by Gasteiger charge is -2.07. The number of nitrogens with zero attached hydrogens (tertiary/aromatic N) is 3. The fraction of sp³-hybridized carbons (Fsp3) is 0.0417. The summed E-state index contributed by atoms with van der Waals surface area (Å²) in [5, 5.41) is 12.4. The normalized spacial score (nSPS) is 11.0. The lowest BCUT2D eigenvalue weighted by molar-refractivity contribution is 0.102. The minimum atomic E-state index is -0.179. The lowest BCUT2D eigenvalue weighted by Crippen LogP contribution is -2.15. The molecule has 146 valence electrons. The van der Waals surface area contributed by atoms with Crippen LogP contribution >= 0.6 is 11.3 Å². The van der Waals surface area contributed by atoms with Crippen molar-refractivity contribution in [2.75, 3.05) is 5.32 Å². The number of carbonyl (C=O) groups is 1. The van der Waals surface area contributed by atoms with Crippen LogP contribution in [0, 0.1) is 6.92 Å². The zero-order valence-electron chi connectivity index (χ0n) is 16.2. The Morgan fingerprint density at radius 2 is 1.70 bits per heavy atom. The summed E-state index contributed by atoms with van der Waals surface area (Å²) < 4.78 is 1.69. The van der Waals surface area contributed by atoms with E-state index in [1.165, 1.54) is 11.3 Å². The Labute approximate surface area is 177 Å². The molecule has 1 N–H and O–H groups in total. The molecule has 30 heavy (non-hydrogen) atoms. The Kier molecular flexibility index (Phi) is 4.61. The van der Waals surface area contributed by atoms with Gasteiger partial charge >= 0.3 is 0 Å². The van der Waals surface area contributed by atoms with E-state index >= 15 is 0 Å². The maximum absolute atomic E-state index is 12.9. The van der Waals surface area contributed by atoms with Gasteiger partial charge in [-0.25, -0.2) is 4.98 Å². The molecule has 3 aromatic carbocycles. The minimum absolute atomic E-state index is 0.179. The number of hydrogen-bond donors (Lipinski definition) is 1. The molecule has 0 aliphatic rings. The molecular weight excluding hydrogens is 392 g/mol. The second kappa shape index (κ2) is 7.57. The SMILES string of the molecule is Cc1cc(NC(=O)c2ccc3ccccc3c2)n(-c2nc(-c3ccccc3)cs2)n1. The topological polar surface area (TPSA) is 59.8 Å². The Morgan fingerprint density at radius 3 is 2.53 bits per heavy atom. The molecular formula is C24H18N4OS. The number of benzene rings is 3. The van der Waals surface area contributed by atoms with Crippen LogP contribution in [0.2, 0.25) is 0 Å². The van der Waals surface area contributed by atoms with Crippen molar-refractivity contribution in [1.29, 1.82) is 0 Å². The monoisotopic (exact) mass is 410 g/mol. The second-order valence-corrected chi connectivity index (χ2v) is 7.82. The van der Waals surface area contributed by atoms with Gasteiger partial charge in [0, 0.05) is 22.6 Å². The van der Waals surface area contributed by atoms with E-state index in [0.29, 0.717) is 16.5 Å². The molecule has 5 aromatic rings. The zero-order chi connectivity index (χ0) is 20.5. The molecule has 0 bridgehead atoms. The number of nitrogens with one attached hydrogen (secondary N) is 1. The number of anilines is 1. The van der Waals surface area contributed by atoms with Crippen molar-refractivity contribution in [1.82, 2.24) is 14.8 Å². The maximum atomic E-state index is 12.9. The smallest absolute Gasteiger partial charge is 0.256 e. The first kappa shape index (κ1) is 18.3. The summed E-state index contributed by atoms with van der Waals surface area (Å²) in [6.45, 7) is 1.90. The highest BCUT2D eigenvalue weighted by Crippen LogP contribution is 2.26. The predicted molar refractivity (Wildman–Crippen MR) is 121 cm³/mol. The summed E-state index contributed by atoms with van der Waals surface area (Å²) in [5.41, 5.74) is 3.34. The van der Waals surface area contributed by atoms with E-state index < -0.39 is 0 Å². The molecule has 5 nitrogen and oxygen atoms in total. The maximum Gasteiger partial charge on any atom is 0.256 e. The molecule has 2 aromatic heterocycles. The summed E-state index contributed by atoms with van der Waals surface area (Å²) in [4.78, 5) is 17.6. The Balaban J connectivity index is 1.45. The molecule has 0 atom stereocenters. The highest BCUT2D eigenvalue weighted by molar-refractivity contribution is 7.12. The number of amides is 1. The molecule has 0 aliphatic heterocycles. The van der Waals surface area contributed by atoms with Crippen molar-refractivity contribution in [2.45, 2.75) is 6.92 Å². The fourth-order valence-corrected chi connectivity index (χ4v) is 4.15. The molecule has 0 spiro atoms. The van der Waals surface area contributed by atoms with E-state index in [1.54, 1.807) is 4.68 Å². The van der Waals surface area contributed by atoms with Gasteiger partial charge in [-0.1, -0.05) is 60.7 Å². The van der Waals surface area contributed by atoms with E-state index in [1.807, 2.05) is 91.2 Å². The van der Waals surface area contributed by atoms with Gasteiger partial charge in [-0.3, -0.25) is 4.79 Å². The largest absolute Gasteiger partial charge is 0.306 e. The van der Waals surface area contributed by atoms with Crippen molar-refractivity contribution < 1.29 is 4.79 Å². The van der Waals surface area contributed by atoms with Gasteiger partial charge in [0.15, 0.2) is 0 Å². The van der Waals surface area contributed by atoms with Gasteiger partial charge < -0.3 is 5.32 Å². The first-order chi connectivity index (χ1) is 14.7. The zero-order valence-corrected chi connectivity index (χ0v) is 17.1. The van der Waals surface area contributed by atoms with Crippen LogP contribution in [0.3, 0.4) is 0 Å². The molecule has 0 saturated heterocycles. The van der Waals surface area contributed by atoms with Gasteiger partial charge in [0.1, 0.15) is 5.82 Å². The van der Waals surface area contributed by atoms with Crippen molar-refractivity contribution in [3.05, 3.63) is 95.5 Å². The van der Waals surface area contributed by atoms with Crippen molar-refractivity contribution >= 4 is 33.8 Å². The number of aryl methyl sites for hydroxylation is 1. The van der Waals surface area contributed by atoms with E-state index in [4.69, 9.17) is 4.98 Å². The number of hydrogen-bond acceptors (Lipinski definition) is 4. The Hall–Kier alpha value is -3.77. The molecule has 2 heterocycles. The Bertz CT molecular complexity index is 1350. The van der Waals surface area contributed by atoms with Gasteiger partial charge in [-0.15, -0.1) is 11.3 Å². The van der Waals surface area contributed by atoms with Crippen LogP contribution in [0.5, 0.6) is 0 Å². The van der Waals surface area contributed by atoms with E-state index in [0.717, 1.165) is 27.7 Å². The summed E-state index contributed by atoms with van der Waals surface area (Å²) in [7, 11) is 0. The van der Waals surface area contributed by atoms with Gasteiger partial charge in [-0.05, 0) is 29.8 Å². The summed E-state index contributed by atoms with van der Waals surface area (Å²) in [6, 6.07) is 25.5. The van der Waals surface area contributed by atoms with Gasteiger partial charge in [0.25, 0.3) is 5.91 Å². The first-order valence-electron chi connectivity index (χ1n) is 9.55. The highest BCUT2D eigenvalue weighted by Gasteiger charge is 2.15. The molecule has 6 heteroatoms. The van der Waals surface area contributed by atoms with Gasteiger partial charge in [0.05, 0.1) is 11.4 Å². The van der Waals surface area contributed by atoms with Crippen LogP contribution in [0.25, 0.3) is 27.2 Å². The average Bonchev–Trinajstić information content (AvgIpc) is 3.40. The highest BCUT2D eigenvalue weighted by atomic mass is 32.1. The molecule has 0 saturated carbocycles. The van der Waals surface area contributed by atoms with Crippen molar-refractivity contribution in [2.24, 2.45) is 0 Å². The number of aromatic nitrogens is 3. The second-order valence-electron chi connectivity index (χ2n) is 6.98. The third-order valence-corrected chi connectivity index (χ3v) is 5.64. The van der Waals surface area contributed by atoms with E-state index in [9.17, 15) is 4.79 Å². The van der Waals surface area contributed by atoms with Crippen LogP contribution < -0.4 is 5.32 Å². The number of fused-ring (bicyclic) bond motifs is 1. The lowest BCUT2D eigenvalue weighted by atomic mass is 10.1. The third kappa shape index (κ3) is 3.49. The predicted octanol–water partition coefficient (Wildman–Crippen LogP) is 5.71. The van der Waals surface area contributed by atoms with Gasteiger partial charge in [-0.2, -0.15) is 9.78 Å². The number of carbonyl (C=O) groups excluding carboxylic acids is 1. The van der Waals surface area contributed by atoms with Crippen molar-refractivity contribution in [3.8, 4) is 16.4 Å². The van der Waals surface area contributed by atoms with Crippen LogP contribution in [-0.2, 0) is 0 Å². The standard InChI is InChI=1S/C24H18N4OS/c1-16-13-22(26-23(29)20-12-11-17-7-5-6-10-19(17)14-20)28(27-16)24-25-21(15-30-24)18-8-3-2-4-9-18/h2-15H,1H3,(H,26,29). The summed E-state index contributed by atoms with van der Waals surface area (Å²) >= 11 is 1.49. The number of thiazole rings is 1. The van der Waals surface area contributed by atoms with Crippen LogP contribution in [-0.4, -0.2) is 20.7 Å². The van der Waals surface area contributed by atoms with Crippen LogP contribution in [0.15, 0.2) is 84.2 Å². The van der Waals surface area contributed by atoms with Crippen LogP contribution in [0.1, 0.15) is 16.1 Å². The molecule has 0 unspecified atom stereocenters. The molecule has 5 rings (SSSR count). The number of rotatable bonds is 4. The quantitative estimate of drug-likeness (QED) is 0.413. The molecule has 0 radical (unpaired) electrons. The fourth-order valence-electron chi connectivity index (χ4n) is 3.36. The third-order valence-electron chi connectivity index (χ3n) is 4.83. The van der Waals surface area contributed by atoms with Crippen molar-refractivity contribution in [3.63, 3.8) is 0 Å². The minimum Gasteiger partial charge on any atom is -0.306 e. The summed E-state index contributed by atoms with van der Waals surface area (Å²) in [5.74, 6) is 0.418. The average molecular weight is 411 g/mol. The summed E-state index contributed by atoms with van der Waals surface area (Å²) in [6.07, 6.45) is 0. The molecule has 0 aliphatic carbocycles. The molecule has 0 fully saturated rings. The van der Waals surface area contributed by atoms with Gasteiger partial charge in [0.2, 0.25) is 5.13 Å². The van der Waals surface area contributed by atoms with E-state index in [2.05, 4.69) is 10.4 Å².